The zero-order valence-corrected chi connectivity index (χ0v) is 61.9. The van der Waals surface area contributed by atoms with E-state index >= 15 is 0 Å². The first-order chi connectivity index (χ1) is 45.6. The predicted molar refractivity (Wildman–Crippen MR) is 379 cm³/mol. The zero-order chi connectivity index (χ0) is 65.4. The van der Waals surface area contributed by atoms with Gasteiger partial charge in [0.15, 0.2) is 11.6 Å². The molecule has 0 fully saturated rings. The van der Waals surface area contributed by atoms with E-state index in [2.05, 4.69) is 130 Å². The van der Waals surface area contributed by atoms with Crippen LogP contribution in [-0.2, 0) is 68.7 Å². The number of unbranched alkanes of at least 4 members (excludes halogenated alkanes) is 10. The fourth-order valence-corrected chi connectivity index (χ4v) is 13.8. The average Bonchev–Trinajstić information content (AvgIpc) is 1.62. The molecule has 0 N–H and O–H groups in total. The van der Waals surface area contributed by atoms with Crippen molar-refractivity contribution in [2.75, 3.05) is 0 Å². The first-order valence-corrected chi connectivity index (χ1v) is 39.7. The van der Waals surface area contributed by atoms with Crippen LogP contribution in [0.4, 0.5) is 0 Å². The summed E-state index contributed by atoms with van der Waals surface area (Å²) in [6.07, 6.45) is 32.1. The van der Waals surface area contributed by atoms with E-state index in [1.165, 1.54) is 55.6 Å². The fourth-order valence-electron chi connectivity index (χ4n) is 13.8. The van der Waals surface area contributed by atoms with Gasteiger partial charge in [-0.15, -0.1) is 0 Å². The number of rotatable bonds is 30. The van der Waals surface area contributed by atoms with Crippen LogP contribution >= 0.6 is 0 Å². The Morgan fingerprint density at radius 3 is 0.527 bits per heavy atom. The van der Waals surface area contributed by atoms with Crippen LogP contribution < -0.4 is 9.97 Å². The summed E-state index contributed by atoms with van der Waals surface area (Å²) < 4.78 is 17.2. The molecule has 0 radical (unpaired) electrons. The van der Waals surface area contributed by atoms with Crippen LogP contribution in [-0.4, -0.2) is 39.9 Å². The first kappa shape index (κ1) is 69.3. The molecular formula is C80H100N10O2U. The Labute approximate surface area is 568 Å². The summed E-state index contributed by atoms with van der Waals surface area (Å²) in [5.74, 6) is 3.73. The number of fused-ring (bicyclic) bond motifs is 25. The number of hydrogen-bond acceptors (Lipinski definition) is 10. The van der Waals surface area contributed by atoms with Gasteiger partial charge in [0.05, 0.1) is 23.3 Å². The van der Waals surface area contributed by atoms with Crippen molar-refractivity contribution >= 4 is 44.1 Å². The molecule has 3 aliphatic heterocycles. The van der Waals surface area contributed by atoms with Crippen LogP contribution in [0.5, 0.6) is 0 Å². The summed E-state index contributed by atoms with van der Waals surface area (Å²) in [7, 11) is 0. The van der Waals surface area contributed by atoms with Gasteiger partial charge in [-0.05, 0) is 266 Å². The molecule has 3 aromatic heterocycles. The van der Waals surface area contributed by atoms with Crippen LogP contribution in [0.25, 0.3) is 112 Å². The molecule has 93 heavy (non-hydrogen) atoms. The van der Waals surface area contributed by atoms with Gasteiger partial charge in [-0.1, -0.05) is 133 Å². The minimum absolute atomic E-state index is 0.621. The second kappa shape index (κ2) is 33.7. The molecule has 12 nitrogen and oxygen atoms in total. The molecule has 10 bridgehead atoms. The summed E-state index contributed by atoms with van der Waals surface area (Å²) in [5, 5.41) is 3.96. The van der Waals surface area contributed by atoms with Crippen molar-refractivity contribution in [3.8, 4) is 68.3 Å². The van der Waals surface area contributed by atoms with Gasteiger partial charge in [0, 0.05) is 56.0 Å². The standard InChI is InChI=1S/C80H100N10.2O.U/c1-11-21-31-51-41-61-62(42-52(51)32-22-12-2)72-81-71(61)86-73-63-43-53(33-23-13-3)54(34-24-14-4)44-64(63)75(82-73)88-77-67-47-57(37-27-17-7)58(38-28-18-8)48-68(67)79(84-77)90-80-70-50-60(40-30-20-10)59(39-29-19-9)49-69(70)78(85-80)89-76-66-46-56(36-26-16-6)55(35-25-15-5)45-65(66)74(83-76)87-72;;;/h41-50H,11-40H2,1-10H3;;;/q-2;;;+2. The van der Waals surface area contributed by atoms with Crippen LogP contribution in [0.2, 0.25) is 0 Å². The van der Waals surface area contributed by atoms with Gasteiger partial charge in [0.1, 0.15) is 0 Å². The third-order valence-corrected chi connectivity index (χ3v) is 19.2. The van der Waals surface area contributed by atoms with Crippen molar-refractivity contribution in [3.63, 3.8) is 0 Å². The van der Waals surface area contributed by atoms with Gasteiger partial charge in [-0.3, -0.25) is 0 Å². The van der Waals surface area contributed by atoms with E-state index in [0.717, 1.165) is 248 Å². The van der Waals surface area contributed by atoms with E-state index in [9.17, 15) is 0 Å². The molecule has 13 heteroatoms. The Morgan fingerprint density at radius 2 is 0.376 bits per heavy atom. The van der Waals surface area contributed by atoms with Gasteiger partial charge in [0.25, 0.3) is 0 Å². The van der Waals surface area contributed by atoms with Crippen molar-refractivity contribution in [2.24, 2.45) is 0 Å². The van der Waals surface area contributed by atoms with Gasteiger partial charge >= 0.3 is 32.3 Å². The molecular weight excluding hydrogens is 1370 g/mol. The number of benzene rings is 5. The normalized spacial score (nSPS) is 11.8. The maximum atomic E-state index is 8.58. The second-order valence-electron chi connectivity index (χ2n) is 26.3. The Bertz CT molecular complexity index is 3990. The topological polar surface area (TPSA) is 165 Å². The quantitative estimate of drug-likeness (QED) is 0.0419. The summed E-state index contributed by atoms with van der Waals surface area (Å²) in [5.41, 5.74) is 22.1. The third kappa shape index (κ3) is 15.9. The Morgan fingerprint density at radius 1 is 0.237 bits per heavy atom. The van der Waals surface area contributed by atoms with Crippen LogP contribution in [0, 0.1) is 27.8 Å². The summed E-state index contributed by atoms with van der Waals surface area (Å²) in [6, 6.07) is 23.9. The zero-order valence-electron chi connectivity index (χ0n) is 57.8. The Kier molecular flexibility index (Phi) is 25.1. The third-order valence-electron chi connectivity index (χ3n) is 19.2. The van der Waals surface area contributed by atoms with E-state index in [1.54, 1.807) is 0 Å². The van der Waals surface area contributed by atoms with Crippen LogP contribution in [0.15, 0.2) is 60.7 Å². The molecule has 5 aromatic carbocycles. The maximum absolute atomic E-state index is 8.58. The second-order valence-corrected chi connectivity index (χ2v) is 27.0. The van der Waals surface area contributed by atoms with E-state index in [-0.39, 0.29) is 0 Å². The van der Waals surface area contributed by atoms with E-state index in [1.807, 2.05) is 0 Å². The number of aromatic nitrogens is 10. The molecule has 6 heterocycles. The molecule has 0 unspecified atom stereocenters. The number of hydrogen-bond donors (Lipinski definition) is 0. The summed E-state index contributed by atoms with van der Waals surface area (Å²) in [4.78, 5) is 56.3. The molecule has 11 rings (SSSR count). The van der Waals surface area contributed by atoms with Crippen molar-refractivity contribution in [3.05, 3.63) is 116 Å². The predicted octanol–water partition coefficient (Wildman–Crippen LogP) is 20.9. The molecule has 486 valence electrons. The van der Waals surface area contributed by atoms with Gasteiger partial charge in [-0.25, -0.2) is 19.9 Å². The van der Waals surface area contributed by atoms with E-state index < -0.39 is 27.8 Å². The first-order valence-electron chi connectivity index (χ1n) is 36.3. The van der Waals surface area contributed by atoms with E-state index in [4.69, 9.17) is 54.3 Å². The van der Waals surface area contributed by atoms with Gasteiger partial charge < -0.3 is 29.9 Å². The van der Waals surface area contributed by atoms with E-state index in [0.29, 0.717) is 57.5 Å². The summed E-state index contributed by atoms with van der Waals surface area (Å²) >= 11 is -2.51. The molecule has 0 saturated heterocycles. The van der Waals surface area contributed by atoms with Crippen LogP contribution in [0.3, 0.4) is 0 Å². The summed E-state index contributed by atoms with van der Waals surface area (Å²) in [6.45, 7) is 22.9. The fraction of sp³-hybridized carbons (Fsp3) is 0.500. The minimum atomic E-state index is -2.51. The molecule has 3 aliphatic rings. The Balaban J connectivity index is 0.00000309. The molecule has 0 atom stereocenters. The molecule has 0 spiro atoms. The molecule has 8 aromatic rings. The number of aryl methyl sites for hydroxylation is 10. The van der Waals surface area contributed by atoms with Crippen molar-refractivity contribution in [1.82, 2.24) is 49.8 Å². The van der Waals surface area contributed by atoms with Crippen molar-refractivity contribution < 1.29 is 32.3 Å². The Hall–Kier alpha value is -6.55. The molecule has 0 saturated carbocycles. The van der Waals surface area contributed by atoms with Crippen molar-refractivity contribution in [2.45, 2.75) is 262 Å². The molecule has 0 amide bonds. The van der Waals surface area contributed by atoms with Crippen LogP contribution in [0.1, 0.15) is 253 Å². The van der Waals surface area contributed by atoms with Gasteiger partial charge in [-0.2, -0.15) is 0 Å². The SMILES string of the molecule is CCCCc1cc2c(cc1CCCC)-c1nc-2nc2nc(nc3[n-]c(nc4nc(nc5[n-]c(n1)c1cc(CCCC)c(CCCC)cc51)-c1cc(CCCC)c(CCCC)cc1-4)c1cc(CCCC)c(CCCC)cc31)-c1cc(CCCC)c(CCCC)cc1-2.[O]=[U+2]=[O]. The average molecular weight is 1470 g/mol. The monoisotopic (exact) mass is 1470 g/mol. The number of nitrogens with zero attached hydrogens (tertiary/aromatic N) is 10. The molecule has 0 aliphatic carbocycles. The van der Waals surface area contributed by atoms with Crippen molar-refractivity contribution in [1.29, 1.82) is 0 Å². The van der Waals surface area contributed by atoms with Gasteiger partial charge in [0.2, 0.25) is 0 Å².